The third-order valence-electron chi connectivity index (χ3n) is 4.36. The summed E-state index contributed by atoms with van der Waals surface area (Å²) in [5.41, 5.74) is 1.70. The van der Waals surface area contributed by atoms with Crippen LogP contribution in [0.2, 0.25) is 5.02 Å². The maximum absolute atomic E-state index is 6.03. The van der Waals surface area contributed by atoms with E-state index >= 15 is 0 Å². The van der Waals surface area contributed by atoms with Gasteiger partial charge in [-0.15, -0.1) is 23.5 Å². The molecule has 0 bridgehead atoms. The van der Waals surface area contributed by atoms with E-state index in [-0.39, 0.29) is 5.54 Å². The van der Waals surface area contributed by atoms with Gasteiger partial charge in [0.05, 0.1) is 0 Å². The molecule has 0 amide bonds. The predicted octanol–water partition coefficient (Wildman–Crippen LogP) is 4.80. The first kappa shape index (κ1) is 14.1. The highest BCUT2D eigenvalue weighted by atomic mass is 35.5. The average Bonchev–Trinajstić information content (AvgIpc) is 2.40. The first-order valence-electron chi connectivity index (χ1n) is 6.95. The fourth-order valence-corrected chi connectivity index (χ4v) is 6.16. The highest BCUT2D eigenvalue weighted by molar-refractivity contribution is 8.17. The summed E-state index contributed by atoms with van der Waals surface area (Å²) in [6, 6.07) is 8.50. The average molecular weight is 314 g/mol. The summed E-state index contributed by atoms with van der Waals surface area (Å²) in [4.78, 5) is 2.62. The topological polar surface area (TPSA) is 3.24 Å². The minimum atomic E-state index is 0.257. The fraction of sp³-hybridized carbons (Fsp3) is 0.600. The Kier molecular flexibility index (Phi) is 4.37. The zero-order chi connectivity index (χ0) is 13.3. The van der Waals surface area contributed by atoms with E-state index in [0.29, 0.717) is 4.71 Å². The van der Waals surface area contributed by atoms with Crippen LogP contribution in [0.4, 0.5) is 0 Å². The van der Waals surface area contributed by atoms with Crippen LogP contribution >= 0.6 is 35.1 Å². The van der Waals surface area contributed by atoms with Gasteiger partial charge in [0.1, 0.15) is 4.71 Å². The number of rotatable bonds is 3. The van der Waals surface area contributed by atoms with E-state index in [1.807, 2.05) is 12.1 Å². The summed E-state index contributed by atoms with van der Waals surface area (Å²) in [7, 11) is 2.31. The Morgan fingerprint density at radius 3 is 2.26 bits per heavy atom. The lowest BCUT2D eigenvalue weighted by atomic mass is 9.71. The van der Waals surface area contributed by atoms with Gasteiger partial charge in [0.25, 0.3) is 0 Å². The van der Waals surface area contributed by atoms with Gasteiger partial charge in [-0.1, -0.05) is 23.7 Å². The zero-order valence-corrected chi connectivity index (χ0v) is 13.7. The van der Waals surface area contributed by atoms with Crippen molar-refractivity contribution >= 4 is 35.1 Å². The van der Waals surface area contributed by atoms with E-state index in [1.54, 1.807) is 0 Å². The standard InChI is InChI=1S/C15H20ClNS2/c1-17(14-18-10-3-11-19-14)15(8-2-9-15)12-4-6-13(16)7-5-12/h4-7,14H,2-3,8-11H2,1H3. The molecule has 104 valence electrons. The lowest BCUT2D eigenvalue weighted by Crippen LogP contribution is -2.52. The second kappa shape index (κ2) is 5.88. The molecule has 1 aromatic carbocycles. The molecule has 19 heavy (non-hydrogen) atoms. The highest BCUT2D eigenvalue weighted by Crippen LogP contribution is 2.50. The van der Waals surface area contributed by atoms with Crippen LogP contribution in [0.3, 0.4) is 0 Å². The van der Waals surface area contributed by atoms with Gasteiger partial charge < -0.3 is 0 Å². The molecule has 0 atom stereocenters. The van der Waals surface area contributed by atoms with Crippen LogP contribution in [-0.4, -0.2) is 28.2 Å². The molecule has 1 saturated heterocycles. The van der Waals surface area contributed by atoms with Crippen LogP contribution in [0.5, 0.6) is 0 Å². The van der Waals surface area contributed by atoms with Crippen LogP contribution in [0, 0.1) is 0 Å². The van der Waals surface area contributed by atoms with Gasteiger partial charge in [-0.25, -0.2) is 0 Å². The first-order valence-corrected chi connectivity index (χ1v) is 9.42. The molecule has 2 fully saturated rings. The molecule has 1 aliphatic heterocycles. The van der Waals surface area contributed by atoms with Gasteiger partial charge in [0.2, 0.25) is 0 Å². The summed E-state index contributed by atoms with van der Waals surface area (Å²) < 4.78 is 0.615. The maximum atomic E-state index is 6.03. The molecule has 4 heteroatoms. The van der Waals surface area contributed by atoms with E-state index in [4.69, 9.17) is 11.6 Å². The normalized spacial score (nSPS) is 23.3. The van der Waals surface area contributed by atoms with Crippen LogP contribution in [0.25, 0.3) is 0 Å². The van der Waals surface area contributed by atoms with Crippen LogP contribution in [-0.2, 0) is 5.54 Å². The van der Waals surface area contributed by atoms with Crippen molar-refractivity contribution in [1.82, 2.24) is 4.90 Å². The molecule has 0 unspecified atom stereocenters. The van der Waals surface area contributed by atoms with Gasteiger partial charge in [0.15, 0.2) is 0 Å². The molecule has 1 saturated carbocycles. The van der Waals surface area contributed by atoms with Crippen LogP contribution in [0.1, 0.15) is 31.2 Å². The largest absolute Gasteiger partial charge is 0.276 e. The molecule has 1 nitrogen and oxygen atoms in total. The van der Waals surface area contributed by atoms with Crippen LogP contribution in [0.15, 0.2) is 24.3 Å². The van der Waals surface area contributed by atoms with E-state index in [0.717, 1.165) is 5.02 Å². The number of hydrogen-bond donors (Lipinski definition) is 0. The quantitative estimate of drug-likeness (QED) is 0.788. The summed E-state index contributed by atoms with van der Waals surface area (Å²) in [5, 5.41) is 0.835. The molecule has 0 N–H and O–H groups in total. The summed E-state index contributed by atoms with van der Waals surface area (Å²) in [5.74, 6) is 2.61. The van der Waals surface area contributed by atoms with Crippen molar-refractivity contribution in [2.75, 3.05) is 18.6 Å². The van der Waals surface area contributed by atoms with Gasteiger partial charge in [-0.2, -0.15) is 0 Å². The second-order valence-corrected chi connectivity index (χ2v) is 8.52. The Balaban J connectivity index is 1.83. The molecule has 1 aromatic rings. The first-order chi connectivity index (χ1) is 9.22. The molecule has 0 spiro atoms. The molecule has 1 aliphatic carbocycles. The molecule has 3 rings (SSSR count). The minimum absolute atomic E-state index is 0.257. The van der Waals surface area contributed by atoms with Gasteiger partial charge in [0, 0.05) is 10.6 Å². The molecule has 0 aromatic heterocycles. The Labute approximate surface area is 129 Å². The SMILES string of the molecule is CN(C1SCCCS1)C1(c2ccc(Cl)cc2)CCC1. The summed E-state index contributed by atoms with van der Waals surface area (Å²) in [6.45, 7) is 0. The van der Waals surface area contributed by atoms with Crippen molar-refractivity contribution in [3.8, 4) is 0 Å². The van der Waals surface area contributed by atoms with Crippen molar-refractivity contribution in [1.29, 1.82) is 0 Å². The van der Waals surface area contributed by atoms with Crippen molar-refractivity contribution in [2.45, 2.75) is 35.9 Å². The van der Waals surface area contributed by atoms with Gasteiger partial charge >= 0.3 is 0 Å². The number of halogens is 1. The number of hydrogen-bond acceptors (Lipinski definition) is 3. The predicted molar refractivity (Wildman–Crippen MR) is 88.1 cm³/mol. The summed E-state index contributed by atoms with van der Waals surface area (Å²) >= 11 is 10.2. The van der Waals surface area contributed by atoms with E-state index in [9.17, 15) is 0 Å². The van der Waals surface area contributed by atoms with Crippen molar-refractivity contribution in [2.24, 2.45) is 0 Å². The van der Waals surface area contributed by atoms with Crippen LogP contribution < -0.4 is 0 Å². The smallest absolute Gasteiger partial charge is 0.103 e. The van der Waals surface area contributed by atoms with E-state index in [1.165, 1.54) is 42.8 Å². The molecular weight excluding hydrogens is 294 g/mol. The second-order valence-electron chi connectivity index (χ2n) is 5.41. The van der Waals surface area contributed by atoms with Crippen molar-refractivity contribution in [3.63, 3.8) is 0 Å². The van der Waals surface area contributed by atoms with Crippen molar-refractivity contribution < 1.29 is 0 Å². The number of thioether (sulfide) groups is 2. The van der Waals surface area contributed by atoms with Gasteiger partial charge in [-0.05, 0) is 61.9 Å². The van der Waals surface area contributed by atoms with Gasteiger partial charge in [-0.3, -0.25) is 4.90 Å². The zero-order valence-electron chi connectivity index (χ0n) is 11.3. The van der Waals surface area contributed by atoms with Crippen molar-refractivity contribution in [3.05, 3.63) is 34.9 Å². The third kappa shape index (κ3) is 2.67. The Hall–Kier alpha value is 0.170. The lowest BCUT2D eigenvalue weighted by Gasteiger charge is -2.52. The monoisotopic (exact) mass is 313 g/mol. The molecular formula is C15H20ClNS2. The fourth-order valence-electron chi connectivity index (χ4n) is 3.02. The summed E-state index contributed by atoms with van der Waals surface area (Å²) in [6.07, 6.45) is 5.26. The lowest BCUT2D eigenvalue weighted by molar-refractivity contribution is 0.0443. The maximum Gasteiger partial charge on any atom is 0.103 e. The molecule has 1 heterocycles. The minimum Gasteiger partial charge on any atom is -0.276 e. The van der Waals surface area contributed by atoms with E-state index < -0.39 is 0 Å². The Morgan fingerprint density at radius 1 is 1.11 bits per heavy atom. The molecule has 2 aliphatic rings. The van der Waals surface area contributed by atoms with E-state index in [2.05, 4.69) is 47.6 Å². The Bertz CT molecular complexity index is 424. The third-order valence-corrected chi connectivity index (χ3v) is 7.68. The molecule has 0 radical (unpaired) electrons. The highest BCUT2D eigenvalue weighted by Gasteiger charge is 2.45. The number of nitrogens with zero attached hydrogens (tertiary/aromatic N) is 1. The Morgan fingerprint density at radius 2 is 1.74 bits per heavy atom. The number of benzene rings is 1.